The van der Waals surface area contributed by atoms with Gasteiger partial charge in [-0.25, -0.2) is 4.79 Å². The van der Waals surface area contributed by atoms with Gasteiger partial charge in [-0.1, -0.05) is 6.07 Å². The summed E-state index contributed by atoms with van der Waals surface area (Å²) in [6.07, 6.45) is -2.79. The van der Waals surface area contributed by atoms with Crippen molar-refractivity contribution in [2.45, 2.75) is 12.7 Å². The van der Waals surface area contributed by atoms with Crippen molar-refractivity contribution in [2.24, 2.45) is 0 Å². The molecule has 1 aromatic heterocycles. The summed E-state index contributed by atoms with van der Waals surface area (Å²) < 4.78 is 43.5. The number of hydrogen-bond acceptors (Lipinski definition) is 3. The van der Waals surface area contributed by atoms with Gasteiger partial charge in [0.05, 0.1) is 23.9 Å². The van der Waals surface area contributed by atoms with Crippen molar-refractivity contribution in [3.63, 3.8) is 0 Å². The summed E-state index contributed by atoms with van der Waals surface area (Å²) in [4.78, 5) is 10.8. The third-order valence-corrected chi connectivity index (χ3v) is 2.63. The summed E-state index contributed by atoms with van der Waals surface area (Å²) >= 11 is 0. The minimum absolute atomic E-state index is 0.0715. The van der Waals surface area contributed by atoms with E-state index in [1.165, 1.54) is 18.2 Å². The van der Waals surface area contributed by atoms with Crippen LogP contribution in [0.15, 0.2) is 36.7 Å². The van der Waals surface area contributed by atoms with E-state index in [0.717, 1.165) is 17.1 Å². The quantitative estimate of drug-likeness (QED) is 0.922. The van der Waals surface area contributed by atoms with E-state index in [9.17, 15) is 18.0 Å². The maximum absolute atomic E-state index is 12.4. The molecule has 1 aromatic carbocycles. The van der Waals surface area contributed by atoms with E-state index in [-0.39, 0.29) is 18.7 Å². The number of nitrogens with zero attached hydrogens (tertiary/aromatic N) is 2. The number of alkyl halides is 3. The lowest BCUT2D eigenvalue weighted by Gasteiger charge is -2.07. The lowest BCUT2D eigenvalue weighted by atomic mass is 10.2. The summed E-state index contributed by atoms with van der Waals surface area (Å²) in [6, 6.07) is 5.84. The predicted octanol–water partition coefficient (Wildman–Crippen LogP) is 2.68. The molecule has 0 radical (unpaired) electrons. The van der Waals surface area contributed by atoms with Crippen molar-refractivity contribution in [1.29, 1.82) is 0 Å². The number of carboxylic acids is 1. The largest absolute Gasteiger partial charge is 0.492 e. The van der Waals surface area contributed by atoms with Crippen molar-refractivity contribution < 1.29 is 27.8 Å². The Labute approximate surface area is 117 Å². The van der Waals surface area contributed by atoms with Crippen molar-refractivity contribution in [1.82, 2.24) is 9.78 Å². The highest BCUT2D eigenvalue weighted by Gasteiger charge is 2.32. The number of carbonyl (C=O) groups is 1. The van der Waals surface area contributed by atoms with Crippen LogP contribution in [0.2, 0.25) is 0 Å². The molecule has 0 unspecified atom stereocenters. The van der Waals surface area contributed by atoms with E-state index in [1.807, 2.05) is 0 Å². The molecule has 0 aliphatic carbocycles. The summed E-state index contributed by atoms with van der Waals surface area (Å²) in [6.45, 7) is 0.190. The van der Waals surface area contributed by atoms with Gasteiger partial charge in [0.2, 0.25) is 0 Å². The first-order valence-electron chi connectivity index (χ1n) is 5.92. The minimum Gasteiger partial charge on any atom is -0.492 e. The molecule has 0 spiro atoms. The first-order valence-corrected chi connectivity index (χ1v) is 5.92. The molecule has 0 amide bonds. The molecule has 0 bridgehead atoms. The van der Waals surface area contributed by atoms with Crippen LogP contribution in [-0.2, 0) is 12.7 Å². The van der Waals surface area contributed by atoms with Gasteiger partial charge < -0.3 is 9.84 Å². The Bertz CT molecular complexity index is 638. The van der Waals surface area contributed by atoms with Gasteiger partial charge in [0, 0.05) is 6.20 Å². The fourth-order valence-electron chi connectivity index (χ4n) is 1.61. The highest BCUT2D eigenvalue weighted by atomic mass is 19.4. The Hall–Kier alpha value is -2.51. The number of benzene rings is 1. The van der Waals surface area contributed by atoms with Gasteiger partial charge >= 0.3 is 12.1 Å². The van der Waals surface area contributed by atoms with Crippen LogP contribution in [-0.4, -0.2) is 27.5 Å². The fraction of sp³-hybridized carbons (Fsp3) is 0.231. The lowest BCUT2D eigenvalue weighted by molar-refractivity contribution is -0.137. The fourth-order valence-corrected chi connectivity index (χ4v) is 1.61. The van der Waals surface area contributed by atoms with Gasteiger partial charge in [0.15, 0.2) is 0 Å². The summed E-state index contributed by atoms with van der Waals surface area (Å²) in [5.41, 5.74) is -0.749. The summed E-state index contributed by atoms with van der Waals surface area (Å²) in [7, 11) is 0. The van der Waals surface area contributed by atoms with Crippen LogP contribution in [0, 0.1) is 0 Å². The van der Waals surface area contributed by atoms with Gasteiger partial charge in [-0.3, -0.25) is 4.68 Å². The Morgan fingerprint density at radius 2 is 2.14 bits per heavy atom. The SMILES string of the molecule is O=C(O)c1cccc(OCCn2cc(C(F)(F)F)cn2)c1. The minimum atomic E-state index is -4.42. The smallest absolute Gasteiger partial charge is 0.419 e. The highest BCUT2D eigenvalue weighted by molar-refractivity contribution is 5.87. The van der Waals surface area contributed by atoms with Crippen LogP contribution in [0.5, 0.6) is 5.75 Å². The van der Waals surface area contributed by atoms with Crippen molar-refractivity contribution >= 4 is 5.97 Å². The molecule has 0 saturated heterocycles. The first-order chi connectivity index (χ1) is 9.86. The van der Waals surface area contributed by atoms with Gasteiger partial charge in [-0.2, -0.15) is 18.3 Å². The molecule has 0 aliphatic heterocycles. The highest BCUT2D eigenvalue weighted by Crippen LogP contribution is 2.28. The van der Waals surface area contributed by atoms with E-state index in [2.05, 4.69) is 5.10 Å². The second kappa shape index (κ2) is 5.86. The normalized spacial score (nSPS) is 11.4. The molecule has 0 atom stereocenters. The standard InChI is InChI=1S/C13H11F3N2O3/c14-13(15,16)10-7-17-18(8-10)4-5-21-11-3-1-2-9(6-11)12(19)20/h1-3,6-8H,4-5H2,(H,19,20). The van der Waals surface area contributed by atoms with Crippen LogP contribution >= 0.6 is 0 Å². The number of aromatic carboxylic acids is 1. The van der Waals surface area contributed by atoms with E-state index in [4.69, 9.17) is 9.84 Å². The molecule has 2 rings (SSSR count). The molecule has 8 heteroatoms. The molecule has 5 nitrogen and oxygen atoms in total. The number of carboxylic acid groups (broad SMARTS) is 1. The zero-order valence-electron chi connectivity index (χ0n) is 10.7. The number of rotatable bonds is 5. The van der Waals surface area contributed by atoms with Crippen LogP contribution in [0.3, 0.4) is 0 Å². The molecule has 1 heterocycles. The van der Waals surface area contributed by atoms with Crippen molar-refractivity contribution in [2.75, 3.05) is 6.61 Å². The van der Waals surface area contributed by atoms with Crippen LogP contribution in [0.1, 0.15) is 15.9 Å². The van der Waals surface area contributed by atoms with E-state index in [1.54, 1.807) is 6.07 Å². The molecule has 2 aromatic rings. The average Bonchev–Trinajstić information content (AvgIpc) is 2.88. The Morgan fingerprint density at radius 1 is 1.38 bits per heavy atom. The van der Waals surface area contributed by atoms with Gasteiger partial charge in [-0.05, 0) is 18.2 Å². The molecule has 0 aliphatic rings. The third kappa shape index (κ3) is 3.98. The number of halogens is 3. The van der Waals surface area contributed by atoms with E-state index >= 15 is 0 Å². The average molecular weight is 300 g/mol. The zero-order valence-corrected chi connectivity index (χ0v) is 10.7. The van der Waals surface area contributed by atoms with Crippen molar-refractivity contribution in [3.05, 3.63) is 47.8 Å². The maximum Gasteiger partial charge on any atom is 0.419 e. The second-order valence-corrected chi connectivity index (χ2v) is 4.17. The lowest BCUT2D eigenvalue weighted by Crippen LogP contribution is -2.09. The predicted molar refractivity (Wildman–Crippen MR) is 66.1 cm³/mol. The first kappa shape index (κ1) is 14.9. The monoisotopic (exact) mass is 300 g/mol. The number of aromatic nitrogens is 2. The Morgan fingerprint density at radius 3 is 2.76 bits per heavy atom. The molecule has 112 valence electrons. The topological polar surface area (TPSA) is 64.3 Å². The van der Waals surface area contributed by atoms with Gasteiger partial charge in [0.1, 0.15) is 12.4 Å². The van der Waals surface area contributed by atoms with Crippen LogP contribution < -0.4 is 4.74 Å². The Balaban J connectivity index is 1.91. The summed E-state index contributed by atoms with van der Waals surface area (Å²) in [5, 5.41) is 12.4. The molecular weight excluding hydrogens is 289 g/mol. The van der Waals surface area contributed by atoms with Crippen LogP contribution in [0.4, 0.5) is 13.2 Å². The van der Waals surface area contributed by atoms with Gasteiger partial charge in [0.25, 0.3) is 0 Å². The molecule has 0 saturated carbocycles. The zero-order chi connectivity index (χ0) is 15.5. The van der Waals surface area contributed by atoms with Crippen LogP contribution in [0.25, 0.3) is 0 Å². The maximum atomic E-state index is 12.4. The molecular formula is C13H11F3N2O3. The summed E-state index contributed by atoms with van der Waals surface area (Å²) in [5.74, 6) is -0.750. The number of ether oxygens (including phenoxy) is 1. The van der Waals surface area contributed by atoms with E-state index < -0.39 is 17.7 Å². The Kier molecular flexibility index (Phi) is 4.15. The molecule has 21 heavy (non-hydrogen) atoms. The van der Waals surface area contributed by atoms with Gasteiger partial charge in [-0.15, -0.1) is 0 Å². The molecule has 0 fully saturated rings. The second-order valence-electron chi connectivity index (χ2n) is 4.17. The van der Waals surface area contributed by atoms with E-state index in [0.29, 0.717) is 5.75 Å². The number of hydrogen-bond donors (Lipinski definition) is 1. The molecule has 1 N–H and O–H groups in total. The van der Waals surface area contributed by atoms with Crippen molar-refractivity contribution in [3.8, 4) is 5.75 Å². The third-order valence-electron chi connectivity index (χ3n) is 2.63.